The van der Waals surface area contributed by atoms with Crippen LogP contribution in [0.1, 0.15) is 11.5 Å². The number of rotatable bonds is 9. The third kappa shape index (κ3) is 9.99. The lowest BCUT2D eigenvalue weighted by Crippen LogP contribution is -2.30. The van der Waals surface area contributed by atoms with Gasteiger partial charge in [0.25, 0.3) is 0 Å². The van der Waals surface area contributed by atoms with Gasteiger partial charge in [-0.05, 0) is 26.2 Å². The van der Waals surface area contributed by atoms with Crippen LogP contribution in [0, 0.1) is 22.7 Å². The molecule has 0 spiro atoms. The van der Waals surface area contributed by atoms with E-state index in [0.717, 1.165) is 44.2 Å². The number of nitrogens with one attached hydrogen (secondary N) is 2. The van der Waals surface area contributed by atoms with Crippen molar-refractivity contribution in [1.82, 2.24) is 20.4 Å². The topological polar surface area (TPSA) is 166 Å². The second-order valence-corrected chi connectivity index (χ2v) is 6.65. The van der Waals surface area contributed by atoms with Gasteiger partial charge in [-0.2, -0.15) is 10.5 Å². The van der Waals surface area contributed by atoms with E-state index in [0.29, 0.717) is 24.5 Å². The maximum atomic E-state index is 9.55. The number of nitrogens with zero attached hydrogens (tertiary/aromatic N) is 4. The van der Waals surface area contributed by atoms with Crippen molar-refractivity contribution in [2.24, 2.45) is 0 Å². The summed E-state index contributed by atoms with van der Waals surface area (Å²) in [6.07, 6.45) is 1.12. The van der Waals surface area contributed by atoms with Gasteiger partial charge in [0, 0.05) is 38.3 Å². The maximum absolute atomic E-state index is 9.55. The molecular formula is C20H26N6O5. The second kappa shape index (κ2) is 13.4. The molecule has 4 N–H and O–H groups in total. The summed E-state index contributed by atoms with van der Waals surface area (Å²) in [5, 5.41) is 40.0. The molecule has 0 atom stereocenters. The minimum atomic E-state index is -1.26. The van der Waals surface area contributed by atoms with Crippen LogP contribution in [0.3, 0.4) is 0 Å². The Balaban J connectivity index is 0.000000512. The Hall–Kier alpha value is -3.80. The summed E-state index contributed by atoms with van der Waals surface area (Å²) in [5.74, 6) is -0.0109. The quantitative estimate of drug-likeness (QED) is 0.242. The van der Waals surface area contributed by atoms with Crippen LogP contribution in [0.25, 0.3) is 0 Å². The minimum Gasteiger partial charge on any atom is -0.478 e. The molecule has 11 nitrogen and oxygen atoms in total. The Morgan fingerprint density at radius 3 is 2.39 bits per heavy atom. The molecule has 166 valence electrons. The standard InChI is InChI=1S/C16H22N6O.C4H4O4/c1-21(2)12-15-4-3-14(23-15)11-19-5-7-22-8-6-20-16(22)13(9-17)10-18;5-3(6)1-2-4(7)8/h3-4,19-20H,5-8,11-12H2,1-2H3;1-2H,(H,5,6)(H,7,8)/b;2-1+. The van der Waals surface area contributed by atoms with Crippen molar-refractivity contribution in [2.45, 2.75) is 13.1 Å². The number of nitriles is 2. The summed E-state index contributed by atoms with van der Waals surface area (Å²) >= 11 is 0. The molecule has 2 heterocycles. The van der Waals surface area contributed by atoms with Gasteiger partial charge in [-0.15, -0.1) is 0 Å². The molecular weight excluding hydrogens is 404 g/mol. The molecule has 2 rings (SSSR count). The Labute approximate surface area is 180 Å². The first-order chi connectivity index (χ1) is 14.8. The molecule has 0 unspecified atom stereocenters. The van der Waals surface area contributed by atoms with Gasteiger partial charge >= 0.3 is 11.9 Å². The van der Waals surface area contributed by atoms with Gasteiger partial charge in [0.2, 0.25) is 0 Å². The molecule has 1 aromatic heterocycles. The first kappa shape index (κ1) is 25.2. The lowest BCUT2D eigenvalue weighted by molar-refractivity contribution is -0.134. The lowest BCUT2D eigenvalue weighted by atomic mass is 10.3. The van der Waals surface area contributed by atoms with Crippen molar-refractivity contribution in [2.75, 3.05) is 40.3 Å². The van der Waals surface area contributed by atoms with Crippen LogP contribution in [0.4, 0.5) is 0 Å². The highest BCUT2D eigenvalue weighted by molar-refractivity contribution is 5.89. The highest BCUT2D eigenvalue weighted by atomic mass is 16.4. The van der Waals surface area contributed by atoms with Crippen molar-refractivity contribution < 1.29 is 24.2 Å². The molecule has 1 aromatic rings. The van der Waals surface area contributed by atoms with E-state index in [1.807, 2.05) is 43.3 Å². The first-order valence-corrected chi connectivity index (χ1v) is 9.37. The molecule has 1 aliphatic heterocycles. The fourth-order valence-corrected chi connectivity index (χ4v) is 2.62. The Morgan fingerprint density at radius 2 is 1.84 bits per heavy atom. The number of allylic oxidation sites excluding steroid dienone is 1. The van der Waals surface area contributed by atoms with Crippen molar-refractivity contribution in [3.63, 3.8) is 0 Å². The molecule has 31 heavy (non-hydrogen) atoms. The average Bonchev–Trinajstić information content (AvgIpc) is 3.34. The van der Waals surface area contributed by atoms with Crippen LogP contribution in [-0.2, 0) is 22.7 Å². The zero-order chi connectivity index (χ0) is 23.2. The van der Waals surface area contributed by atoms with Crippen LogP contribution in [0.15, 0.2) is 40.1 Å². The number of carboxylic acids is 2. The summed E-state index contributed by atoms with van der Waals surface area (Å²) in [4.78, 5) is 23.2. The molecule has 1 aliphatic rings. The Morgan fingerprint density at radius 1 is 1.23 bits per heavy atom. The SMILES string of the molecule is CN(C)Cc1ccc(CNCCN2CCNC2=C(C#N)C#N)o1.O=C(O)/C=C/C(=O)O. The van der Waals surface area contributed by atoms with Crippen molar-refractivity contribution >= 4 is 11.9 Å². The molecule has 0 bridgehead atoms. The predicted octanol–water partition coefficient (Wildman–Crippen LogP) is 0.307. The highest BCUT2D eigenvalue weighted by Crippen LogP contribution is 2.11. The van der Waals surface area contributed by atoms with Gasteiger partial charge in [-0.3, -0.25) is 0 Å². The minimum absolute atomic E-state index is 0.141. The number of carboxylic acid groups (broad SMARTS) is 2. The second-order valence-electron chi connectivity index (χ2n) is 6.65. The fourth-order valence-electron chi connectivity index (χ4n) is 2.62. The lowest BCUT2D eigenvalue weighted by Gasteiger charge is -2.18. The Kier molecular flexibility index (Phi) is 10.9. The van der Waals surface area contributed by atoms with E-state index in [-0.39, 0.29) is 5.57 Å². The van der Waals surface area contributed by atoms with Crippen LogP contribution >= 0.6 is 0 Å². The summed E-state index contributed by atoms with van der Waals surface area (Å²) in [6.45, 7) is 4.50. The summed E-state index contributed by atoms with van der Waals surface area (Å²) in [7, 11) is 4.01. The van der Waals surface area contributed by atoms with E-state index in [1.165, 1.54) is 0 Å². The number of aliphatic carboxylic acids is 2. The van der Waals surface area contributed by atoms with Crippen molar-refractivity contribution in [3.05, 3.63) is 47.2 Å². The molecule has 0 aliphatic carbocycles. The Bertz CT molecular complexity index is 859. The van der Waals surface area contributed by atoms with Gasteiger partial charge in [0.1, 0.15) is 29.5 Å². The number of carbonyl (C=O) groups is 2. The van der Waals surface area contributed by atoms with Crippen molar-refractivity contribution in [1.29, 1.82) is 10.5 Å². The van der Waals surface area contributed by atoms with E-state index >= 15 is 0 Å². The summed E-state index contributed by atoms with van der Waals surface area (Å²) in [5.41, 5.74) is 0.141. The van der Waals surface area contributed by atoms with E-state index in [9.17, 15) is 9.59 Å². The predicted molar refractivity (Wildman–Crippen MR) is 110 cm³/mol. The largest absolute Gasteiger partial charge is 0.478 e. The summed E-state index contributed by atoms with van der Waals surface area (Å²) in [6, 6.07) is 7.84. The smallest absolute Gasteiger partial charge is 0.328 e. The molecule has 1 saturated heterocycles. The molecule has 0 saturated carbocycles. The normalized spacial score (nSPS) is 12.7. The fraction of sp³-hybridized carbons (Fsp3) is 0.400. The number of hydrogen-bond acceptors (Lipinski definition) is 9. The molecule has 1 fully saturated rings. The van der Waals surface area contributed by atoms with Gasteiger partial charge in [0.05, 0.1) is 13.1 Å². The number of hydrogen-bond donors (Lipinski definition) is 4. The maximum Gasteiger partial charge on any atom is 0.328 e. The molecule has 0 amide bonds. The summed E-state index contributed by atoms with van der Waals surface area (Å²) < 4.78 is 5.74. The van der Waals surface area contributed by atoms with Gasteiger partial charge in [0.15, 0.2) is 5.57 Å². The molecule has 0 radical (unpaired) electrons. The van der Waals surface area contributed by atoms with Crippen LogP contribution in [-0.4, -0.2) is 72.2 Å². The van der Waals surface area contributed by atoms with Crippen LogP contribution in [0.5, 0.6) is 0 Å². The molecule has 0 aromatic carbocycles. The highest BCUT2D eigenvalue weighted by Gasteiger charge is 2.20. The third-order valence-electron chi connectivity index (χ3n) is 3.87. The van der Waals surface area contributed by atoms with E-state index in [1.54, 1.807) is 0 Å². The monoisotopic (exact) mass is 430 g/mol. The van der Waals surface area contributed by atoms with Gasteiger partial charge in [-0.1, -0.05) is 0 Å². The van der Waals surface area contributed by atoms with E-state index in [2.05, 4.69) is 15.5 Å². The first-order valence-electron chi connectivity index (χ1n) is 9.37. The average molecular weight is 430 g/mol. The van der Waals surface area contributed by atoms with Crippen molar-refractivity contribution in [3.8, 4) is 12.1 Å². The number of furan rings is 1. The van der Waals surface area contributed by atoms with Gasteiger partial charge < -0.3 is 35.1 Å². The third-order valence-corrected chi connectivity index (χ3v) is 3.87. The molecule has 11 heteroatoms. The van der Waals surface area contributed by atoms with Gasteiger partial charge in [-0.25, -0.2) is 9.59 Å². The van der Waals surface area contributed by atoms with E-state index in [4.69, 9.17) is 25.2 Å². The zero-order valence-corrected chi connectivity index (χ0v) is 17.5. The zero-order valence-electron chi connectivity index (χ0n) is 17.5. The van der Waals surface area contributed by atoms with Crippen LogP contribution in [0.2, 0.25) is 0 Å². The van der Waals surface area contributed by atoms with E-state index < -0.39 is 11.9 Å². The van der Waals surface area contributed by atoms with Crippen LogP contribution < -0.4 is 10.6 Å².